The molecule has 8 atom stereocenters. The number of aliphatic hydroxyl groups excluding tert-OH is 10. The number of aliphatic hydroxyl groups is 10. The summed E-state index contributed by atoms with van der Waals surface area (Å²) in [5.74, 6) is 0.938. The number of hydrogen-bond donors (Lipinski definition) is 10. The van der Waals surface area contributed by atoms with E-state index in [2.05, 4.69) is 0 Å². The first kappa shape index (κ1) is 35.6. The van der Waals surface area contributed by atoms with Crippen molar-refractivity contribution in [3.8, 4) is 5.75 Å². The summed E-state index contributed by atoms with van der Waals surface area (Å²) < 4.78 is 5.70. The van der Waals surface area contributed by atoms with E-state index < -0.39 is 62.0 Å². The van der Waals surface area contributed by atoms with Gasteiger partial charge in [0.25, 0.3) is 0 Å². The molecule has 0 aliphatic heterocycles. The molecule has 13 nitrogen and oxygen atoms in total. The lowest BCUT2D eigenvalue weighted by atomic mass is 10.0. The number of carbonyl (C=O) groups excluding carboxylic acids is 1. The van der Waals surface area contributed by atoms with E-state index >= 15 is 0 Å². The third-order valence-electron chi connectivity index (χ3n) is 5.99. The zero-order valence-electron chi connectivity index (χ0n) is 22.1. The number of thioether (sulfide) groups is 1. The van der Waals surface area contributed by atoms with Crippen LogP contribution >= 0.6 is 11.8 Å². The van der Waals surface area contributed by atoms with Crippen molar-refractivity contribution in [2.24, 2.45) is 5.92 Å². The number of hydrogen-bond acceptors (Lipinski definition) is 14. The highest BCUT2D eigenvalue weighted by Gasteiger charge is 2.34. The first-order valence-electron chi connectivity index (χ1n) is 12.6. The van der Waals surface area contributed by atoms with Gasteiger partial charge in [0.2, 0.25) is 0 Å². The normalized spacial score (nSPS) is 18.3. The Morgan fingerprint density at radius 3 is 1.62 bits per heavy atom. The van der Waals surface area contributed by atoms with E-state index in [4.69, 9.17) is 14.9 Å². The van der Waals surface area contributed by atoms with Crippen LogP contribution in [0.15, 0.2) is 24.3 Å². The van der Waals surface area contributed by atoms with Crippen molar-refractivity contribution in [1.29, 1.82) is 0 Å². The van der Waals surface area contributed by atoms with Crippen LogP contribution in [0, 0.1) is 5.92 Å². The summed E-state index contributed by atoms with van der Waals surface area (Å²) in [5, 5.41) is 97.9. The summed E-state index contributed by atoms with van der Waals surface area (Å²) in [6, 6.07) is 7.01. The molecule has 0 saturated carbocycles. The van der Waals surface area contributed by atoms with Crippen molar-refractivity contribution in [3.63, 3.8) is 0 Å². The van der Waals surface area contributed by atoms with E-state index in [9.17, 15) is 45.6 Å². The van der Waals surface area contributed by atoms with Crippen LogP contribution in [0.25, 0.3) is 0 Å². The number of ether oxygens (including phenoxy) is 1. The second-order valence-corrected chi connectivity index (χ2v) is 10.6. The maximum atomic E-state index is 11.8. The molecule has 0 amide bonds. The Balaban J connectivity index is 2.82. The van der Waals surface area contributed by atoms with Crippen LogP contribution in [0.5, 0.6) is 5.75 Å². The van der Waals surface area contributed by atoms with E-state index in [0.29, 0.717) is 11.5 Å². The average Bonchev–Trinajstić information content (AvgIpc) is 2.93. The molecule has 0 radical (unpaired) electrons. The molecule has 0 saturated heterocycles. The zero-order chi connectivity index (χ0) is 29.7. The SMILES string of the molecule is CC(C)C(=O)SCc1ccc(OCCN(C[C@H](O)[C@@H](O)[C@H](O)C(O)CO)C[C@H](O)[C@@H](O)[C@H](O)C(O)CO)cc1. The van der Waals surface area contributed by atoms with Crippen LogP contribution in [0.2, 0.25) is 0 Å². The van der Waals surface area contributed by atoms with Crippen LogP contribution in [0.3, 0.4) is 0 Å². The molecule has 1 rings (SSSR count). The summed E-state index contributed by atoms with van der Waals surface area (Å²) >= 11 is 1.22. The van der Waals surface area contributed by atoms with Gasteiger partial charge in [-0.15, -0.1) is 0 Å². The maximum absolute atomic E-state index is 11.8. The van der Waals surface area contributed by atoms with Crippen molar-refractivity contribution in [2.45, 2.75) is 68.4 Å². The third-order valence-corrected chi connectivity index (χ3v) is 7.23. The second-order valence-electron chi connectivity index (χ2n) is 9.61. The van der Waals surface area contributed by atoms with Gasteiger partial charge < -0.3 is 55.8 Å². The molecule has 39 heavy (non-hydrogen) atoms. The lowest BCUT2D eigenvalue weighted by Gasteiger charge is -2.33. The molecule has 0 fully saturated rings. The van der Waals surface area contributed by atoms with Crippen molar-refractivity contribution in [1.82, 2.24) is 4.90 Å². The second kappa shape index (κ2) is 18.1. The van der Waals surface area contributed by atoms with Gasteiger partial charge >= 0.3 is 0 Å². The molecular weight excluding hydrogens is 538 g/mol. The van der Waals surface area contributed by atoms with Gasteiger partial charge in [-0.25, -0.2) is 0 Å². The molecule has 0 aliphatic rings. The van der Waals surface area contributed by atoms with E-state index in [1.807, 2.05) is 13.8 Å². The number of rotatable bonds is 19. The molecule has 2 unspecified atom stereocenters. The molecule has 1 aromatic carbocycles. The van der Waals surface area contributed by atoms with Gasteiger partial charge in [-0.3, -0.25) is 9.69 Å². The molecule has 0 heterocycles. The Morgan fingerprint density at radius 2 is 1.21 bits per heavy atom. The Hall–Kier alpha value is -1.40. The number of nitrogens with zero attached hydrogens (tertiary/aromatic N) is 1. The van der Waals surface area contributed by atoms with E-state index in [1.54, 1.807) is 24.3 Å². The minimum absolute atomic E-state index is 0.00913. The summed E-state index contributed by atoms with van der Waals surface area (Å²) in [4.78, 5) is 13.1. The predicted molar refractivity (Wildman–Crippen MR) is 142 cm³/mol. The van der Waals surface area contributed by atoms with E-state index in [-0.39, 0.29) is 37.3 Å². The Morgan fingerprint density at radius 1 is 0.769 bits per heavy atom. The molecule has 14 heteroatoms. The molecule has 0 bridgehead atoms. The third kappa shape index (κ3) is 12.3. The first-order chi connectivity index (χ1) is 18.3. The monoisotopic (exact) mass is 581 g/mol. The molecule has 0 aliphatic carbocycles. The fourth-order valence-electron chi connectivity index (χ4n) is 3.42. The molecule has 10 N–H and O–H groups in total. The molecule has 0 spiro atoms. The smallest absolute Gasteiger partial charge is 0.191 e. The summed E-state index contributed by atoms with van der Waals surface area (Å²) in [5.41, 5.74) is 0.921. The maximum Gasteiger partial charge on any atom is 0.191 e. The summed E-state index contributed by atoms with van der Waals surface area (Å²) in [7, 11) is 0. The van der Waals surface area contributed by atoms with Gasteiger partial charge in [0.05, 0.1) is 25.4 Å². The first-order valence-corrected chi connectivity index (χ1v) is 13.6. The van der Waals surface area contributed by atoms with Crippen molar-refractivity contribution >= 4 is 16.9 Å². The topological polar surface area (TPSA) is 232 Å². The van der Waals surface area contributed by atoms with Gasteiger partial charge in [-0.05, 0) is 17.7 Å². The van der Waals surface area contributed by atoms with Crippen LogP contribution in [0.4, 0.5) is 0 Å². The zero-order valence-corrected chi connectivity index (χ0v) is 22.9. The Kier molecular flexibility index (Phi) is 16.5. The lowest BCUT2D eigenvalue weighted by Crippen LogP contribution is -2.53. The summed E-state index contributed by atoms with van der Waals surface area (Å²) in [6.07, 6.45) is -14.2. The van der Waals surface area contributed by atoms with Crippen molar-refractivity contribution < 1.29 is 60.6 Å². The van der Waals surface area contributed by atoms with Crippen molar-refractivity contribution in [3.05, 3.63) is 29.8 Å². The summed E-state index contributed by atoms with van der Waals surface area (Å²) in [6.45, 7) is 1.20. The fraction of sp³-hybridized carbons (Fsp3) is 0.720. The average molecular weight is 582 g/mol. The van der Waals surface area contributed by atoms with Gasteiger partial charge in [0, 0.05) is 31.3 Å². The standard InChI is InChI=1S/C25H43NO12S/c1-14(2)25(37)39-13-15-3-5-16(6-4-15)38-8-7-26(9-17(29)21(33)23(35)19(31)11-27)10-18(30)22(34)24(36)20(32)12-28/h3-6,14,17-24,27-36H,7-13H2,1-2H3/t17-,18-,19?,20?,21+,22+,23+,24+/m0/s1. The largest absolute Gasteiger partial charge is 0.492 e. The van der Waals surface area contributed by atoms with Crippen LogP contribution < -0.4 is 4.74 Å². The van der Waals surface area contributed by atoms with E-state index in [0.717, 1.165) is 5.56 Å². The highest BCUT2D eigenvalue weighted by molar-refractivity contribution is 8.13. The van der Waals surface area contributed by atoms with Gasteiger partial charge in [-0.1, -0.05) is 37.7 Å². The number of carbonyl (C=O) groups is 1. The lowest BCUT2D eigenvalue weighted by molar-refractivity contribution is -0.130. The molecule has 226 valence electrons. The van der Waals surface area contributed by atoms with E-state index in [1.165, 1.54) is 16.7 Å². The molecule has 0 aromatic heterocycles. The highest BCUT2D eigenvalue weighted by Crippen LogP contribution is 2.20. The van der Waals surface area contributed by atoms with Gasteiger partial charge in [0.1, 0.15) is 49.0 Å². The number of benzene rings is 1. The van der Waals surface area contributed by atoms with Crippen LogP contribution in [-0.2, 0) is 10.5 Å². The van der Waals surface area contributed by atoms with Gasteiger partial charge in [0.15, 0.2) is 5.12 Å². The molecule has 1 aromatic rings. The minimum Gasteiger partial charge on any atom is -0.492 e. The molecular formula is C25H43NO12S. The Labute approximate surface area is 231 Å². The fourth-order valence-corrected chi connectivity index (χ4v) is 4.26. The quantitative estimate of drug-likeness (QED) is 0.0770. The van der Waals surface area contributed by atoms with Crippen LogP contribution in [0.1, 0.15) is 19.4 Å². The minimum atomic E-state index is -1.87. The van der Waals surface area contributed by atoms with Crippen LogP contribution in [-0.4, -0.2) is 149 Å². The van der Waals surface area contributed by atoms with Crippen molar-refractivity contribution in [2.75, 3.05) is 39.5 Å². The highest BCUT2D eigenvalue weighted by atomic mass is 32.2. The Bertz CT molecular complexity index is 787. The predicted octanol–water partition coefficient (Wildman–Crippen LogP) is -3.34. The van der Waals surface area contributed by atoms with Gasteiger partial charge in [-0.2, -0.15) is 0 Å².